The normalized spacial score (nSPS) is 15.4. The Morgan fingerprint density at radius 1 is 1.53 bits per heavy atom. The van der Waals surface area contributed by atoms with E-state index >= 15 is 0 Å². The van der Waals surface area contributed by atoms with Crippen molar-refractivity contribution in [2.75, 3.05) is 20.7 Å². The fourth-order valence-corrected chi connectivity index (χ4v) is 2.80. The van der Waals surface area contributed by atoms with Crippen LogP contribution in [-0.2, 0) is 19.6 Å². The highest BCUT2D eigenvalue weighted by molar-refractivity contribution is 7.87. The van der Waals surface area contributed by atoms with E-state index in [2.05, 4.69) is 6.58 Å². The van der Waals surface area contributed by atoms with Gasteiger partial charge in [0.25, 0.3) is 10.1 Å². The molecule has 0 rings (SSSR count). The van der Waals surface area contributed by atoms with Gasteiger partial charge in [0, 0.05) is 12.5 Å². The fourth-order valence-electron chi connectivity index (χ4n) is 1.63. The molecule has 1 unspecified atom stereocenters. The molecule has 0 amide bonds. The molecule has 0 heterocycles. The molecule has 0 aromatic rings. The summed E-state index contributed by atoms with van der Waals surface area (Å²) in [5.74, 6) is -0.621. The number of carbonyl (C=O) groups excluding carboxylic acids is 1. The Bertz CT molecular complexity index is 376. The molecule has 0 saturated heterocycles. The monoisotopic (exact) mass is 265 g/mol. The number of carbonyl (C=O) groups is 1. The third-order valence-corrected chi connectivity index (χ3v) is 4.57. The molecule has 1 atom stereocenters. The van der Waals surface area contributed by atoms with Gasteiger partial charge in [-0.05, 0) is 20.5 Å². The molecule has 0 aromatic carbocycles. The minimum Gasteiger partial charge on any atom is -0.462 e. The van der Waals surface area contributed by atoms with Crippen molar-refractivity contribution in [1.82, 2.24) is 4.90 Å². The quantitative estimate of drug-likeness (QED) is 0.413. The predicted octanol–water partition coefficient (Wildman–Crippen LogP) is 0.661. The van der Waals surface area contributed by atoms with Crippen LogP contribution in [0, 0.1) is 0 Å². The summed E-state index contributed by atoms with van der Waals surface area (Å²) in [4.78, 5) is 10.8. The Morgan fingerprint density at radius 2 is 2.06 bits per heavy atom. The average molecular weight is 265 g/mol. The van der Waals surface area contributed by atoms with E-state index in [1.54, 1.807) is 21.0 Å². The highest BCUT2D eigenvalue weighted by atomic mass is 32.2. The molecule has 0 saturated carbocycles. The van der Waals surface area contributed by atoms with Gasteiger partial charge in [-0.2, -0.15) is 8.42 Å². The van der Waals surface area contributed by atoms with Crippen LogP contribution in [0.5, 0.6) is 0 Å². The van der Waals surface area contributed by atoms with Crippen LogP contribution in [-0.4, -0.2) is 49.4 Å². The van der Waals surface area contributed by atoms with E-state index in [1.165, 1.54) is 4.90 Å². The van der Waals surface area contributed by atoms with E-state index in [0.717, 1.165) is 6.08 Å². The first-order valence-electron chi connectivity index (χ1n) is 5.15. The van der Waals surface area contributed by atoms with E-state index in [0.29, 0.717) is 0 Å². The highest BCUT2D eigenvalue weighted by Crippen LogP contribution is 2.27. The molecule has 0 aliphatic carbocycles. The van der Waals surface area contributed by atoms with E-state index in [9.17, 15) is 17.8 Å². The van der Waals surface area contributed by atoms with Gasteiger partial charge in [0.1, 0.15) is 0 Å². The first kappa shape index (κ1) is 16.1. The van der Waals surface area contributed by atoms with Gasteiger partial charge >= 0.3 is 5.97 Å². The Balaban J connectivity index is 4.85. The molecule has 0 aromatic heterocycles. The molecule has 0 fully saturated rings. The summed E-state index contributed by atoms with van der Waals surface area (Å²) in [7, 11) is -1.18. The van der Waals surface area contributed by atoms with E-state index in [4.69, 9.17) is 4.74 Å². The van der Waals surface area contributed by atoms with Gasteiger partial charge in [0.15, 0.2) is 4.87 Å². The summed E-state index contributed by atoms with van der Waals surface area (Å²) in [6, 6.07) is 0. The van der Waals surface area contributed by atoms with Crippen LogP contribution in [0.4, 0.5) is 0 Å². The number of rotatable bonds is 7. The average Bonchev–Trinajstić information content (AvgIpc) is 2.21. The third-order valence-electron chi connectivity index (χ3n) is 2.75. The minimum absolute atomic E-state index is 0.00505. The predicted molar refractivity (Wildman–Crippen MR) is 64.0 cm³/mol. The fraction of sp³-hybridized carbons (Fsp3) is 0.700. The lowest BCUT2D eigenvalue weighted by Gasteiger charge is -2.35. The molecule has 0 bridgehead atoms. The van der Waals surface area contributed by atoms with Gasteiger partial charge < -0.3 is 4.74 Å². The van der Waals surface area contributed by atoms with Crippen LogP contribution >= 0.6 is 0 Å². The summed E-state index contributed by atoms with van der Waals surface area (Å²) >= 11 is 0. The summed E-state index contributed by atoms with van der Waals surface area (Å²) in [6.45, 7) is 4.77. The van der Waals surface area contributed by atoms with Crippen LogP contribution in [0.2, 0.25) is 0 Å². The van der Waals surface area contributed by atoms with Crippen LogP contribution in [0.25, 0.3) is 0 Å². The van der Waals surface area contributed by atoms with E-state index in [1.807, 2.05) is 0 Å². The lowest BCUT2D eigenvalue weighted by atomic mass is 10.1. The second-order valence-electron chi connectivity index (χ2n) is 3.79. The summed E-state index contributed by atoms with van der Waals surface area (Å²) in [6.07, 6.45) is 1.18. The Kier molecular flexibility index (Phi) is 5.80. The van der Waals surface area contributed by atoms with Gasteiger partial charge in [-0.25, -0.2) is 4.79 Å². The first-order valence-corrected chi connectivity index (χ1v) is 6.59. The Labute approximate surface area is 102 Å². The zero-order valence-corrected chi connectivity index (χ0v) is 11.2. The SMILES string of the molecule is C=CC(=O)OCCC(CC)(N(C)C)S(=O)(=O)O. The van der Waals surface area contributed by atoms with Gasteiger partial charge in [0.05, 0.1) is 6.61 Å². The molecule has 0 radical (unpaired) electrons. The number of ether oxygens (including phenoxy) is 1. The molecule has 1 N–H and O–H groups in total. The van der Waals surface area contributed by atoms with Crippen molar-refractivity contribution < 1.29 is 22.5 Å². The lowest BCUT2D eigenvalue weighted by molar-refractivity contribution is -0.138. The summed E-state index contributed by atoms with van der Waals surface area (Å²) in [5, 5.41) is 0. The van der Waals surface area contributed by atoms with Crippen LogP contribution in [0.1, 0.15) is 19.8 Å². The largest absolute Gasteiger partial charge is 0.462 e. The van der Waals surface area contributed by atoms with Crippen molar-refractivity contribution in [1.29, 1.82) is 0 Å². The van der Waals surface area contributed by atoms with Crippen LogP contribution in [0.3, 0.4) is 0 Å². The van der Waals surface area contributed by atoms with Gasteiger partial charge in [-0.15, -0.1) is 0 Å². The number of hydrogen-bond acceptors (Lipinski definition) is 5. The topological polar surface area (TPSA) is 83.9 Å². The number of nitrogens with zero attached hydrogens (tertiary/aromatic N) is 1. The van der Waals surface area contributed by atoms with Crippen molar-refractivity contribution in [2.24, 2.45) is 0 Å². The Morgan fingerprint density at radius 3 is 2.35 bits per heavy atom. The van der Waals surface area contributed by atoms with E-state index in [-0.39, 0.29) is 19.4 Å². The molecular weight excluding hydrogens is 246 g/mol. The van der Waals surface area contributed by atoms with Crippen molar-refractivity contribution >= 4 is 16.1 Å². The molecule has 7 heteroatoms. The number of hydrogen-bond donors (Lipinski definition) is 1. The minimum atomic E-state index is -4.27. The maximum absolute atomic E-state index is 11.4. The van der Waals surface area contributed by atoms with Gasteiger partial charge in [-0.3, -0.25) is 9.45 Å². The highest BCUT2D eigenvalue weighted by Gasteiger charge is 2.43. The zero-order valence-electron chi connectivity index (χ0n) is 10.3. The Hall–Kier alpha value is -0.920. The van der Waals surface area contributed by atoms with E-state index < -0.39 is 21.0 Å². The lowest BCUT2D eigenvalue weighted by Crippen LogP contribution is -2.51. The summed E-state index contributed by atoms with van der Waals surface area (Å²) < 4.78 is 36.9. The maximum Gasteiger partial charge on any atom is 0.330 e. The van der Waals surface area contributed by atoms with Crippen molar-refractivity contribution in [3.05, 3.63) is 12.7 Å². The molecule has 6 nitrogen and oxygen atoms in total. The molecule has 0 spiro atoms. The third kappa shape index (κ3) is 3.79. The standard InChI is InChI=1S/C10H19NO5S/c1-5-9(12)16-8-7-10(6-2,11(3)4)17(13,14)15/h5H,1,6-8H2,2-4H3,(H,13,14,15). The van der Waals surface area contributed by atoms with Gasteiger partial charge in [0.2, 0.25) is 0 Å². The molecule has 0 aliphatic rings. The molecule has 17 heavy (non-hydrogen) atoms. The first-order chi connectivity index (χ1) is 7.71. The van der Waals surface area contributed by atoms with Crippen molar-refractivity contribution in [3.8, 4) is 0 Å². The molecular formula is C10H19NO5S. The van der Waals surface area contributed by atoms with Crippen molar-refractivity contribution in [2.45, 2.75) is 24.6 Å². The van der Waals surface area contributed by atoms with Crippen LogP contribution in [0.15, 0.2) is 12.7 Å². The second kappa shape index (κ2) is 6.13. The molecule has 0 aliphatic heterocycles. The van der Waals surface area contributed by atoms with Gasteiger partial charge in [-0.1, -0.05) is 13.5 Å². The molecule has 100 valence electrons. The smallest absolute Gasteiger partial charge is 0.330 e. The second-order valence-corrected chi connectivity index (χ2v) is 5.50. The summed E-state index contributed by atoms with van der Waals surface area (Å²) in [5.41, 5.74) is 0. The maximum atomic E-state index is 11.4. The van der Waals surface area contributed by atoms with Crippen LogP contribution < -0.4 is 0 Å². The zero-order chi connectivity index (χ0) is 13.7. The number of esters is 1. The van der Waals surface area contributed by atoms with Crippen molar-refractivity contribution in [3.63, 3.8) is 0 Å².